The highest BCUT2D eigenvalue weighted by Crippen LogP contribution is 2.30. The van der Waals surface area contributed by atoms with Crippen LogP contribution in [0.2, 0.25) is 0 Å². The molecule has 1 aliphatic carbocycles. The Kier molecular flexibility index (Phi) is 4.21. The molecule has 0 unspecified atom stereocenters. The quantitative estimate of drug-likeness (QED) is 0.928. The van der Waals surface area contributed by atoms with Crippen LogP contribution in [0, 0.1) is 6.92 Å². The third-order valence-corrected chi connectivity index (χ3v) is 6.42. The number of hydrogen-bond donors (Lipinski definition) is 1. The molecule has 1 fully saturated rings. The number of sulfone groups is 1. The fourth-order valence-corrected chi connectivity index (χ4v) is 4.67. The van der Waals surface area contributed by atoms with Crippen molar-refractivity contribution in [3.63, 3.8) is 0 Å². The topological polar surface area (TPSA) is 89.3 Å². The molecule has 1 amide bonds. The van der Waals surface area contributed by atoms with Crippen LogP contribution in [0.5, 0.6) is 0 Å². The highest BCUT2D eigenvalue weighted by atomic mass is 32.2. The summed E-state index contributed by atoms with van der Waals surface area (Å²) in [6.45, 7) is 1.72. The normalized spacial score (nSPS) is 15.7. The second-order valence-corrected chi connectivity index (χ2v) is 8.00. The van der Waals surface area contributed by atoms with E-state index in [1.165, 1.54) is 6.26 Å². The number of benzene rings is 1. The average molecular weight is 334 g/mol. The lowest BCUT2D eigenvalue weighted by Gasteiger charge is -2.11. The Morgan fingerprint density at radius 2 is 1.87 bits per heavy atom. The van der Waals surface area contributed by atoms with Gasteiger partial charge in [0.1, 0.15) is 6.26 Å². The van der Waals surface area contributed by atoms with Gasteiger partial charge in [0.2, 0.25) is 0 Å². The molecule has 0 atom stereocenters. The number of carbonyl (C=O) groups excluding carboxylic acids is 1. The lowest BCUT2D eigenvalue weighted by Crippen LogP contribution is -2.18. The summed E-state index contributed by atoms with van der Waals surface area (Å²) in [5.41, 5.74) is 1.37. The maximum Gasteiger partial charge on any atom is 0.278 e. The third kappa shape index (κ3) is 3.14. The zero-order valence-corrected chi connectivity index (χ0v) is 13.6. The third-order valence-electron chi connectivity index (χ3n) is 4.14. The van der Waals surface area contributed by atoms with Gasteiger partial charge in [0.15, 0.2) is 15.5 Å². The van der Waals surface area contributed by atoms with Crippen molar-refractivity contribution < 1.29 is 17.7 Å². The van der Waals surface area contributed by atoms with Gasteiger partial charge in [-0.25, -0.2) is 8.42 Å². The Labute approximate surface area is 134 Å². The molecule has 0 saturated heterocycles. The number of nitrogens with one attached hydrogen (secondary N) is 1. The minimum absolute atomic E-state index is 0.215. The monoisotopic (exact) mass is 334 g/mol. The molecule has 1 heterocycles. The summed E-state index contributed by atoms with van der Waals surface area (Å²) in [7, 11) is -3.27. The van der Waals surface area contributed by atoms with Gasteiger partial charge in [0, 0.05) is 11.3 Å². The van der Waals surface area contributed by atoms with E-state index in [1.54, 1.807) is 31.2 Å². The first-order valence-corrected chi connectivity index (χ1v) is 9.09. The van der Waals surface area contributed by atoms with Crippen molar-refractivity contribution in [2.45, 2.75) is 42.8 Å². The molecule has 1 aromatic carbocycles. The molecule has 6 nitrogen and oxygen atoms in total. The first kappa shape index (κ1) is 15.7. The average Bonchev–Trinajstić information content (AvgIpc) is 3.19. The maximum atomic E-state index is 12.5. The van der Waals surface area contributed by atoms with E-state index in [9.17, 15) is 13.2 Å². The van der Waals surface area contributed by atoms with Crippen LogP contribution in [-0.4, -0.2) is 24.7 Å². The fourth-order valence-electron chi connectivity index (χ4n) is 2.82. The smallest absolute Gasteiger partial charge is 0.278 e. The molecule has 2 aromatic rings. The molecule has 0 aliphatic heterocycles. The number of anilines is 1. The summed E-state index contributed by atoms with van der Waals surface area (Å²) in [6, 6.07) is 6.27. The summed E-state index contributed by atoms with van der Waals surface area (Å²) in [4.78, 5) is 12.3. The van der Waals surface area contributed by atoms with Gasteiger partial charge in [-0.1, -0.05) is 18.0 Å². The Hall–Kier alpha value is -2.15. The maximum absolute atomic E-state index is 12.5. The Balaban J connectivity index is 1.75. The molecule has 1 aromatic heterocycles. The summed E-state index contributed by atoms with van der Waals surface area (Å²) < 4.78 is 29.7. The molecule has 3 rings (SSSR count). The van der Waals surface area contributed by atoms with E-state index in [2.05, 4.69) is 10.5 Å². The number of nitrogens with zero attached hydrogens (tertiary/aromatic N) is 1. The van der Waals surface area contributed by atoms with Crippen LogP contribution >= 0.6 is 0 Å². The first-order valence-electron chi connectivity index (χ1n) is 7.55. The van der Waals surface area contributed by atoms with Gasteiger partial charge >= 0.3 is 0 Å². The number of hydrogen-bond acceptors (Lipinski definition) is 5. The van der Waals surface area contributed by atoms with Crippen molar-refractivity contribution in [2.24, 2.45) is 0 Å². The number of carbonyl (C=O) groups is 1. The summed E-state index contributed by atoms with van der Waals surface area (Å²) in [6.07, 6.45) is 4.79. The van der Waals surface area contributed by atoms with Gasteiger partial charge in [-0.2, -0.15) is 0 Å². The van der Waals surface area contributed by atoms with E-state index in [4.69, 9.17) is 4.52 Å². The number of amides is 1. The first-order chi connectivity index (χ1) is 11.0. The molecule has 122 valence electrons. The Morgan fingerprint density at radius 3 is 2.43 bits per heavy atom. The molecule has 0 spiro atoms. The Bertz CT molecular complexity index is 803. The predicted molar refractivity (Wildman–Crippen MR) is 85.1 cm³/mol. The molecular weight excluding hydrogens is 316 g/mol. The zero-order chi connectivity index (χ0) is 16.4. The lowest BCUT2D eigenvalue weighted by molar-refractivity contribution is 0.101. The summed E-state index contributed by atoms with van der Waals surface area (Å²) in [5, 5.41) is 6.04. The fraction of sp³-hybridized carbons (Fsp3) is 0.375. The van der Waals surface area contributed by atoms with Crippen molar-refractivity contribution >= 4 is 21.4 Å². The molecule has 7 heteroatoms. The molecule has 1 N–H and O–H groups in total. The van der Waals surface area contributed by atoms with E-state index in [0.29, 0.717) is 16.1 Å². The lowest BCUT2D eigenvalue weighted by atomic mass is 10.2. The minimum Gasteiger partial charge on any atom is -0.364 e. The minimum atomic E-state index is -3.27. The molecule has 1 saturated carbocycles. The largest absolute Gasteiger partial charge is 0.364 e. The molecular formula is C16H18N2O4S. The Morgan fingerprint density at radius 1 is 1.22 bits per heavy atom. The van der Waals surface area contributed by atoms with E-state index < -0.39 is 9.84 Å². The van der Waals surface area contributed by atoms with Gasteiger partial charge in [0.05, 0.1) is 10.1 Å². The predicted octanol–water partition coefficient (Wildman–Crippen LogP) is 2.95. The zero-order valence-electron chi connectivity index (χ0n) is 12.8. The van der Waals surface area contributed by atoms with Gasteiger partial charge in [-0.05, 0) is 44.0 Å². The second kappa shape index (κ2) is 6.16. The standard InChI is InChI=1S/C16H18N2O4S/c1-11-10-22-18-15(11)16(19)17-12-6-8-14(9-7-12)23(20,21)13-4-2-3-5-13/h6-10,13H,2-5H2,1H3,(H,17,19). The molecule has 0 radical (unpaired) electrons. The van der Waals surface area contributed by atoms with Crippen molar-refractivity contribution in [2.75, 3.05) is 5.32 Å². The van der Waals surface area contributed by atoms with Crippen LogP contribution in [0.1, 0.15) is 41.7 Å². The van der Waals surface area contributed by atoms with Crippen LogP contribution in [0.3, 0.4) is 0 Å². The van der Waals surface area contributed by atoms with E-state index >= 15 is 0 Å². The summed E-state index contributed by atoms with van der Waals surface area (Å²) in [5.74, 6) is -0.386. The van der Waals surface area contributed by atoms with E-state index in [1.807, 2.05) is 0 Å². The van der Waals surface area contributed by atoms with Crippen LogP contribution in [-0.2, 0) is 9.84 Å². The van der Waals surface area contributed by atoms with E-state index in [0.717, 1.165) is 25.7 Å². The van der Waals surface area contributed by atoms with Crippen LogP contribution in [0.15, 0.2) is 39.9 Å². The number of aromatic nitrogens is 1. The molecule has 0 bridgehead atoms. The van der Waals surface area contributed by atoms with Crippen molar-refractivity contribution in [3.05, 3.63) is 41.8 Å². The van der Waals surface area contributed by atoms with Crippen LogP contribution < -0.4 is 5.32 Å². The van der Waals surface area contributed by atoms with Gasteiger partial charge in [-0.3, -0.25) is 4.79 Å². The summed E-state index contributed by atoms with van der Waals surface area (Å²) >= 11 is 0. The van der Waals surface area contributed by atoms with E-state index in [-0.39, 0.29) is 16.9 Å². The number of aryl methyl sites for hydroxylation is 1. The van der Waals surface area contributed by atoms with Gasteiger partial charge in [0.25, 0.3) is 5.91 Å². The second-order valence-electron chi connectivity index (χ2n) is 5.78. The van der Waals surface area contributed by atoms with Crippen molar-refractivity contribution in [1.82, 2.24) is 5.16 Å². The van der Waals surface area contributed by atoms with Crippen molar-refractivity contribution in [1.29, 1.82) is 0 Å². The highest BCUT2D eigenvalue weighted by molar-refractivity contribution is 7.92. The van der Waals surface area contributed by atoms with Gasteiger partial charge < -0.3 is 9.84 Å². The van der Waals surface area contributed by atoms with Crippen LogP contribution in [0.25, 0.3) is 0 Å². The van der Waals surface area contributed by atoms with Crippen LogP contribution in [0.4, 0.5) is 5.69 Å². The SMILES string of the molecule is Cc1conc1C(=O)Nc1ccc(S(=O)(=O)C2CCCC2)cc1. The number of rotatable bonds is 4. The molecule has 23 heavy (non-hydrogen) atoms. The molecule has 1 aliphatic rings. The van der Waals surface area contributed by atoms with Crippen molar-refractivity contribution in [3.8, 4) is 0 Å². The highest BCUT2D eigenvalue weighted by Gasteiger charge is 2.30. The van der Waals surface area contributed by atoms with Gasteiger partial charge in [-0.15, -0.1) is 0 Å².